The molecule has 0 fully saturated rings. The highest BCUT2D eigenvalue weighted by Crippen LogP contribution is 2.10. The minimum Gasteiger partial charge on any atom is -1.00 e. The molecule has 0 saturated carbocycles. The number of ether oxygens (including phenoxy) is 1. The van der Waals surface area contributed by atoms with Crippen LogP contribution in [0.4, 0.5) is 0 Å². The van der Waals surface area contributed by atoms with Crippen LogP contribution in [-0.4, -0.2) is 38.5 Å². The van der Waals surface area contributed by atoms with Crippen molar-refractivity contribution in [2.24, 2.45) is 0 Å². The van der Waals surface area contributed by atoms with Crippen LogP contribution in [0.15, 0.2) is 0 Å². The van der Waals surface area contributed by atoms with Crippen molar-refractivity contribution in [3.05, 3.63) is 0 Å². The Labute approximate surface area is 147 Å². The average molecular weight is 336 g/mol. The Bertz CT molecular complexity index is 210. The van der Waals surface area contributed by atoms with Crippen molar-refractivity contribution < 1.29 is 21.6 Å². The molecule has 2 nitrogen and oxygen atoms in total. The third-order valence-electron chi connectivity index (χ3n) is 4.20. The zero-order valence-electron chi connectivity index (χ0n) is 15.8. The number of rotatable bonds is 16. The topological polar surface area (TPSA) is 9.23 Å². The van der Waals surface area contributed by atoms with Crippen molar-refractivity contribution in [2.75, 3.05) is 34.0 Å². The molecule has 0 amide bonds. The van der Waals surface area contributed by atoms with Gasteiger partial charge in [0.1, 0.15) is 0 Å². The van der Waals surface area contributed by atoms with Crippen LogP contribution in [0.25, 0.3) is 0 Å². The molecule has 0 aromatic heterocycles. The maximum atomic E-state index is 5.84. The Kier molecular flexibility index (Phi) is 19.5. The molecule has 136 valence electrons. The van der Waals surface area contributed by atoms with Crippen LogP contribution in [0.1, 0.15) is 90.9 Å². The molecule has 0 rings (SSSR count). The van der Waals surface area contributed by atoms with E-state index >= 15 is 0 Å². The zero-order chi connectivity index (χ0) is 15.8. The summed E-state index contributed by atoms with van der Waals surface area (Å²) < 4.78 is 6.86. The lowest BCUT2D eigenvalue weighted by atomic mass is 10.1. The smallest absolute Gasteiger partial charge is 0.182 e. The van der Waals surface area contributed by atoms with E-state index in [2.05, 4.69) is 27.9 Å². The molecule has 0 unspecified atom stereocenters. The molecular formula is C19H42ClNO. The van der Waals surface area contributed by atoms with E-state index in [0.717, 1.165) is 17.8 Å². The minimum atomic E-state index is 0. The van der Waals surface area contributed by atoms with Gasteiger partial charge >= 0.3 is 0 Å². The fraction of sp³-hybridized carbons (Fsp3) is 1.00. The van der Waals surface area contributed by atoms with Crippen molar-refractivity contribution in [2.45, 2.75) is 90.9 Å². The number of hydrogen-bond donors (Lipinski definition) is 0. The monoisotopic (exact) mass is 335 g/mol. The van der Waals surface area contributed by atoms with Gasteiger partial charge in [-0.3, -0.25) is 0 Å². The number of unbranched alkanes of at least 4 members (excludes halogenated alkanes) is 10. The first-order valence-electron chi connectivity index (χ1n) is 9.52. The molecule has 3 heteroatoms. The fourth-order valence-electron chi connectivity index (χ4n) is 2.68. The minimum absolute atomic E-state index is 0. The van der Waals surface area contributed by atoms with Crippen LogP contribution in [0, 0.1) is 0 Å². The summed E-state index contributed by atoms with van der Waals surface area (Å²) in [5.74, 6) is 0. The predicted molar refractivity (Wildman–Crippen MR) is 94.5 cm³/mol. The van der Waals surface area contributed by atoms with Gasteiger partial charge in [-0.05, 0) is 19.3 Å². The van der Waals surface area contributed by atoms with Gasteiger partial charge in [0.2, 0.25) is 0 Å². The first-order chi connectivity index (χ1) is 10.1. The first-order valence-corrected chi connectivity index (χ1v) is 9.52. The highest BCUT2D eigenvalue weighted by Gasteiger charge is 2.13. The van der Waals surface area contributed by atoms with Crippen molar-refractivity contribution in [3.63, 3.8) is 0 Å². The van der Waals surface area contributed by atoms with Gasteiger partial charge in [0.25, 0.3) is 0 Å². The molecule has 0 atom stereocenters. The number of nitrogens with zero attached hydrogens (tertiary/aromatic N) is 1. The molecular weight excluding hydrogens is 294 g/mol. The molecule has 0 aliphatic heterocycles. The van der Waals surface area contributed by atoms with Crippen LogP contribution in [0.3, 0.4) is 0 Å². The van der Waals surface area contributed by atoms with Crippen molar-refractivity contribution >= 4 is 0 Å². The second kappa shape index (κ2) is 17.6. The first kappa shape index (κ1) is 24.5. The van der Waals surface area contributed by atoms with Gasteiger partial charge in [0.05, 0.1) is 27.2 Å². The zero-order valence-corrected chi connectivity index (χ0v) is 16.6. The Morgan fingerprint density at radius 1 is 0.636 bits per heavy atom. The highest BCUT2D eigenvalue weighted by atomic mass is 35.5. The Balaban J connectivity index is 0. The molecule has 0 N–H and O–H groups in total. The quantitative estimate of drug-likeness (QED) is 0.239. The van der Waals surface area contributed by atoms with Gasteiger partial charge in [-0.2, -0.15) is 0 Å². The van der Waals surface area contributed by atoms with Gasteiger partial charge in [-0.25, -0.2) is 0 Å². The van der Waals surface area contributed by atoms with E-state index in [-0.39, 0.29) is 12.4 Å². The molecule has 22 heavy (non-hydrogen) atoms. The van der Waals surface area contributed by atoms with Crippen LogP contribution in [-0.2, 0) is 4.74 Å². The molecule has 0 saturated heterocycles. The summed E-state index contributed by atoms with van der Waals surface area (Å²) in [6.45, 7) is 7.61. The van der Waals surface area contributed by atoms with Crippen LogP contribution in [0.5, 0.6) is 0 Å². The lowest BCUT2D eigenvalue weighted by molar-refractivity contribution is -0.909. The number of halogens is 1. The fourth-order valence-corrected chi connectivity index (χ4v) is 2.68. The van der Waals surface area contributed by atoms with E-state index in [1.807, 2.05) is 0 Å². The summed E-state index contributed by atoms with van der Waals surface area (Å²) in [5, 5.41) is 0. The predicted octanol–water partition coefficient (Wildman–Crippen LogP) is 2.76. The van der Waals surface area contributed by atoms with Crippen LogP contribution < -0.4 is 12.4 Å². The summed E-state index contributed by atoms with van der Waals surface area (Å²) in [4.78, 5) is 0. The number of quaternary nitrogens is 1. The van der Waals surface area contributed by atoms with Gasteiger partial charge in [-0.1, -0.05) is 71.6 Å². The van der Waals surface area contributed by atoms with Gasteiger partial charge < -0.3 is 21.6 Å². The molecule has 0 spiro atoms. The highest BCUT2D eigenvalue weighted by molar-refractivity contribution is 4.46. The summed E-state index contributed by atoms with van der Waals surface area (Å²) in [6, 6.07) is 0. The standard InChI is InChI=1S/C19H42NO.ClH/c1-5-7-9-11-12-13-14-15-17-20(3,4)19-21-18-16-10-8-6-2;/h5-19H2,1-4H3;1H/q+1;/p-1. The van der Waals surface area contributed by atoms with Gasteiger partial charge in [0.15, 0.2) is 6.73 Å². The lowest BCUT2D eigenvalue weighted by Gasteiger charge is -2.29. The van der Waals surface area contributed by atoms with E-state index in [1.165, 1.54) is 83.6 Å². The molecule has 0 aromatic rings. The lowest BCUT2D eigenvalue weighted by Crippen LogP contribution is -3.00. The van der Waals surface area contributed by atoms with Gasteiger partial charge in [0, 0.05) is 0 Å². The molecule has 0 bridgehead atoms. The van der Waals surface area contributed by atoms with E-state index in [0.29, 0.717) is 0 Å². The van der Waals surface area contributed by atoms with Crippen LogP contribution >= 0.6 is 0 Å². The van der Waals surface area contributed by atoms with E-state index in [1.54, 1.807) is 0 Å². The summed E-state index contributed by atoms with van der Waals surface area (Å²) >= 11 is 0. The second-order valence-electron chi connectivity index (χ2n) is 7.23. The second-order valence-corrected chi connectivity index (χ2v) is 7.23. The Morgan fingerprint density at radius 2 is 1.09 bits per heavy atom. The molecule has 0 aromatic carbocycles. The third-order valence-corrected chi connectivity index (χ3v) is 4.20. The van der Waals surface area contributed by atoms with E-state index < -0.39 is 0 Å². The number of hydrogen-bond acceptors (Lipinski definition) is 1. The largest absolute Gasteiger partial charge is 1.00 e. The molecule has 0 aliphatic carbocycles. The molecule has 0 aliphatic rings. The molecule has 0 radical (unpaired) electrons. The average Bonchev–Trinajstić information content (AvgIpc) is 2.45. The molecule has 0 heterocycles. The third kappa shape index (κ3) is 18.3. The van der Waals surface area contributed by atoms with Gasteiger partial charge in [-0.15, -0.1) is 0 Å². The maximum absolute atomic E-state index is 5.84. The summed E-state index contributed by atoms with van der Waals surface area (Å²) in [5.41, 5.74) is 0. The van der Waals surface area contributed by atoms with Crippen molar-refractivity contribution in [3.8, 4) is 0 Å². The Hall–Kier alpha value is 0.210. The Morgan fingerprint density at radius 3 is 1.64 bits per heavy atom. The maximum Gasteiger partial charge on any atom is 0.182 e. The van der Waals surface area contributed by atoms with Crippen molar-refractivity contribution in [1.29, 1.82) is 0 Å². The normalized spacial score (nSPS) is 11.5. The summed E-state index contributed by atoms with van der Waals surface area (Å²) in [7, 11) is 4.60. The van der Waals surface area contributed by atoms with E-state index in [9.17, 15) is 0 Å². The van der Waals surface area contributed by atoms with E-state index in [4.69, 9.17) is 4.74 Å². The summed E-state index contributed by atoms with van der Waals surface area (Å²) in [6.07, 6.45) is 16.4. The SMILES string of the molecule is CCCCCCCCCC[N+](C)(C)COCCCCCC.[Cl-]. The van der Waals surface area contributed by atoms with Crippen molar-refractivity contribution in [1.82, 2.24) is 0 Å². The van der Waals surface area contributed by atoms with Crippen LogP contribution in [0.2, 0.25) is 0 Å².